The summed E-state index contributed by atoms with van der Waals surface area (Å²) in [5.74, 6) is 1.84. The van der Waals surface area contributed by atoms with E-state index < -0.39 is 10.8 Å². The molecular weight excluding hydrogens is 222 g/mol. The molecule has 1 atom stereocenters. The van der Waals surface area contributed by atoms with E-state index in [-0.39, 0.29) is 0 Å². The van der Waals surface area contributed by atoms with E-state index >= 15 is 0 Å². The number of nitrogens with zero attached hydrogens (tertiary/aromatic N) is 1. The van der Waals surface area contributed by atoms with Gasteiger partial charge >= 0.3 is 0 Å². The lowest BCUT2D eigenvalue weighted by atomic mass is 10.2. The molecule has 4 heteroatoms. The second-order valence-electron chi connectivity index (χ2n) is 3.36. The van der Waals surface area contributed by atoms with Crippen LogP contribution in [0.2, 0.25) is 0 Å². The van der Waals surface area contributed by atoms with Gasteiger partial charge in [0.2, 0.25) is 0 Å². The van der Waals surface area contributed by atoms with Crippen molar-refractivity contribution in [1.29, 1.82) is 5.26 Å². The number of methoxy groups -OCH3 is 1. The van der Waals surface area contributed by atoms with Crippen LogP contribution in [0.15, 0.2) is 24.3 Å². The van der Waals surface area contributed by atoms with Crippen LogP contribution < -0.4 is 4.74 Å². The maximum absolute atomic E-state index is 11.7. The van der Waals surface area contributed by atoms with E-state index in [4.69, 9.17) is 10.00 Å². The minimum atomic E-state index is -0.915. The van der Waals surface area contributed by atoms with Crippen LogP contribution in [-0.4, -0.2) is 17.1 Å². The van der Waals surface area contributed by atoms with Crippen molar-refractivity contribution in [2.24, 2.45) is 0 Å². The van der Waals surface area contributed by atoms with E-state index in [1.807, 2.05) is 24.3 Å². The molecule has 0 radical (unpaired) electrons. The predicted octanol–water partition coefficient (Wildman–Crippen LogP) is 2.25. The molecule has 3 nitrogen and oxygen atoms in total. The molecule has 0 saturated carbocycles. The maximum atomic E-state index is 11.7. The van der Waals surface area contributed by atoms with Crippen molar-refractivity contribution in [2.75, 3.05) is 12.9 Å². The van der Waals surface area contributed by atoms with Crippen molar-refractivity contribution < 1.29 is 8.95 Å². The van der Waals surface area contributed by atoms with Crippen molar-refractivity contribution in [3.63, 3.8) is 0 Å². The zero-order valence-electron chi connectivity index (χ0n) is 9.31. The number of nitriles is 1. The molecule has 0 aliphatic rings. The third kappa shape index (κ3) is 4.03. The Balaban J connectivity index is 2.53. The molecule has 0 saturated heterocycles. The molecule has 0 N–H and O–H groups in total. The minimum Gasteiger partial charge on any atom is -0.496 e. The fourth-order valence-corrected chi connectivity index (χ4v) is 2.58. The van der Waals surface area contributed by atoms with Gasteiger partial charge in [0.15, 0.2) is 0 Å². The van der Waals surface area contributed by atoms with Gasteiger partial charge in [-0.15, -0.1) is 0 Å². The highest BCUT2D eigenvalue weighted by Gasteiger charge is 2.06. The van der Waals surface area contributed by atoms with Crippen LogP contribution in [0, 0.1) is 11.3 Å². The number of rotatable bonds is 6. The van der Waals surface area contributed by atoms with Gasteiger partial charge in [-0.25, -0.2) is 0 Å². The quantitative estimate of drug-likeness (QED) is 0.713. The summed E-state index contributed by atoms with van der Waals surface area (Å²) in [6.07, 6.45) is 1.16. The fourth-order valence-electron chi connectivity index (χ4n) is 1.38. The molecule has 0 amide bonds. The average Bonchev–Trinajstić information content (AvgIpc) is 2.30. The van der Waals surface area contributed by atoms with E-state index in [1.165, 1.54) is 0 Å². The summed E-state index contributed by atoms with van der Waals surface area (Å²) in [5, 5.41) is 8.38. The molecule has 86 valence electrons. The van der Waals surface area contributed by atoms with Crippen molar-refractivity contribution in [2.45, 2.75) is 18.6 Å². The first kappa shape index (κ1) is 12.7. The zero-order chi connectivity index (χ0) is 11.8. The largest absolute Gasteiger partial charge is 0.496 e. The number of benzene rings is 1. The van der Waals surface area contributed by atoms with Crippen LogP contribution in [-0.2, 0) is 16.6 Å². The van der Waals surface area contributed by atoms with E-state index in [9.17, 15) is 4.21 Å². The molecule has 1 rings (SSSR count). The molecule has 0 unspecified atom stereocenters. The normalized spacial score (nSPS) is 11.8. The van der Waals surface area contributed by atoms with Gasteiger partial charge < -0.3 is 4.74 Å². The zero-order valence-corrected chi connectivity index (χ0v) is 10.1. The average molecular weight is 237 g/mol. The predicted molar refractivity (Wildman–Crippen MR) is 64.6 cm³/mol. The van der Waals surface area contributed by atoms with Gasteiger partial charge in [-0.1, -0.05) is 18.2 Å². The Bertz CT molecular complexity index is 398. The van der Waals surface area contributed by atoms with Gasteiger partial charge in [0, 0.05) is 28.5 Å². The highest BCUT2D eigenvalue weighted by atomic mass is 32.2. The lowest BCUT2D eigenvalue weighted by Crippen LogP contribution is -2.02. The standard InChI is InChI=1S/C12H15NO2S/c1-15-12-7-3-2-6-11(12)10-16(14)9-5-4-8-13/h2-3,6-7H,4-5,9-10H2,1H3/t16-/m1/s1. The number of para-hydroxylation sites is 1. The first-order valence-electron chi connectivity index (χ1n) is 5.11. The lowest BCUT2D eigenvalue weighted by molar-refractivity contribution is 0.411. The summed E-state index contributed by atoms with van der Waals surface area (Å²) in [4.78, 5) is 0. The third-order valence-electron chi connectivity index (χ3n) is 2.17. The Morgan fingerprint density at radius 3 is 2.88 bits per heavy atom. The van der Waals surface area contributed by atoms with Crippen molar-refractivity contribution in [3.05, 3.63) is 29.8 Å². The van der Waals surface area contributed by atoms with Crippen LogP contribution in [0.25, 0.3) is 0 Å². The van der Waals surface area contributed by atoms with Crippen LogP contribution in [0.1, 0.15) is 18.4 Å². The molecule has 0 aromatic heterocycles. The van der Waals surface area contributed by atoms with Gasteiger partial charge in [-0.05, 0) is 12.5 Å². The van der Waals surface area contributed by atoms with Gasteiger partial charge in [0.1, 0.15) is 5.75 Å². The van der Waals surface area contributed by atoms with Crippen molar-refractivity contribution >= 4 is 10.8 Å². The minimum absolute atomic E-state index is 0.470. The van der Waals surface area contributed by atoms with Crippen molar-refractivity contribution in [1.82, 2.24) is 0 Å². The van der Waals surface area contributed by atoms with E-state index in [0.29, 0.717) is 24.3 Å². The molecule has 0 aliphatic heterocycles. The number of hydrogen-bond donors (Lipinski definition) is 0. The Morgan fingerprint density at radius 2 is 2.19 bits per heavy atom. The van der Waals surface area contributed by atoms with Gasteiger partial charge in [-0.3, -0.25) is 4.21 Å². The summed E-state index contributed by atoms with van der Waals surface area (Å²) in [7, 11) is 0.693. The fraction of sp³-hybridized carbons (Fsp3) is 0.417. The number of hydrogen-bond acceptors (Lipinski definition) is 3. The second-order valence-corrected chi connectivity index (χ2v) is 4.94. The molecular formula is C12H15NO2S. The Morgan fingerprint density at radius 1 is 1.44 bits per heavy atom. The van der Waals surface area contributed by atoms with Gasteiger partial charge in [0.25, 0.3) is 0 Å². The van der Waals surface area contributed by atoms with Crippen LogP contribution >= 0.6 is 0 Å². The topological polar surface area (TPSA) is 50.1 Å². The summed E-state index contributed by atoms with van der Waals surface area (Å²) < 4.78 is 16.9. The first-order chi connectivity index (χ1) is 7.77. The van der Waals surface area contributed by atoms with E-state index in [0.717, 1.165) is 11.3 Å². The first-order valence-corrected chi connectivity index (χ1v) is 6.60. The second kappa shape index (κ2) is 7.02. The Hall–Kier alpha value is -1.34. The molecule has 1 aromatic rings. The number of ether oxygens (including phenoxy) is 1. The summed E-state index contributed by atoms with van der Waals surface area (Å²) in [6, 6.07) is 9.63. The summed E-state index contributed by atoms with van der Waals surface area (Å²) >= 11 is 0. The van der Waals surface area contributed by atoms with Gasteiger partial charge in [-0.2, -0.15) is 5.26 Å². The smallest absolute Gasteiger partial charge is 0.122 e. The molecule has 16 heavy (non-hydrogen) atoms. The monoisotopic (exact) mass is 237 g/mol. The van der Waals surface area contributed by atoms with Crippen LogP contribution in [0.5, 0.6) is 5.75 Å². The highest BCUT2D eigenvalue weighted by Crippen LogP contribution is 2.19. The molecule has 0 aliphatic carbocycles. The molecule has 0 spiro atoms. The lowest BCUT2D eigenvalue weighted by Gasteiger charge is -2.07. The summed E-state index contributed by atoms with van der Waals surface area (Å²) in [6.45, 7) is 0. The molecule has 0 heterocycles. The SMILES string of the molecule is COc1ccccc1C[S@](=O)CCCC#N. The summed E-state index contributed by atoms with van der Waals surface area (Å²) in [5.41, 5.74) is 0.959. The molecule has 0 bridgehead atoms. The maximum Gasteiger partial charge on any atom is 0.122 e. The van der Waals surface area contributed by atoms with Crippen LogP contribution in [0.3, 0.4) is 0 Å². The highest BCUT2D eigenvalue weighted by molar-refractivity contribution is 7.84. The molecule has 1 aromatic carbocycles. The Labute approximate surface area is 98.5 Å². The van der Waals surface area contributed by atoms with Crippen LogP contribution in [0.4, 0.5) is 0 Å². The Kier molecular flexibility index (Phi) is 5.58. The third-order valence-corrected chi connectivity index (χ3v) is 3.55. The van der Waals surface area contributed by atoms with E-state index in [2.05, 4.69) is 6.07 Å². The van der Waals surface area contributed by atoms with Crippen molar-refractivity contribution in [3.8, 4) is 11.8 Å². The van der Waals surface area contributed by atoms with Gasteiger partial charge in [0.05, 0.1) is 18.9 Å². The molecule has 0 fully saturated rings. The van der Waals surface area contributed by atoms with E-state index in [1.54, 1.807) is 7.11 Å². The number of unbranched alkanes of at least 4 members (excludes halogenated alkanes) is 1.